The first-order valence-corrected chi connectivity index (χ1v) is 6.02. The van der Waals surface area contributed by atoms with E-state index in [1.807, 2.05) is 31.2 Å². The zero-order chi connectivity index (χ0) is 12.5. The minimum Gasteiger partial charge on any atom is -0.411 e. The van der Waals surface area contributed by atoms with Crippen molar-refractivity contribution in [1.82, 2.24) is 15.0 Å². The van der Waals surface area contributed by atoms with Crippen LogP contribution in [0, 0.1) is 6.92 Å². The second-order valence-corrected chi connectivity index (χ2v) is 4.52. The molecule has 1 heterocycles. The van der Waals surface area contributed by atoms with Gasteiger partial charge in [0, 0.05) is 0 Å². The van der Waals surface area contributed by atoms with Gasteiger partial charge in [-0.1, -0.05) is 22.9 Å². The highest BCUT2D eigenvalue weighted by atomic mass is 16.4. The molecule has 92 valence electrons. The third-order valence-corrected chi connectivity index (χ3v) is 3.17. The SMILES string of the molecule is Cc1ccc(-n2nc3c(n2)C(=NO)CCC3)cc1. The van der Waals surface area contributed by atoms with E-state index in [1.165, 1.54) is 5.56 Å². The van der Waals surface area contributed by atoms with E-state index in [4.69, 9.17) is 5.21 Å². The predicted molar refractivity (Wildman–Crippen MR) is 67.4 cm³/mol. The Labute approximate surface area is 105 Å². The summed E-state index contributed by atoms with van der Waals surface area (Å²) in [5.41, 5.74) is 4.40. The second kappa shape index (κ2) is 4.25. The van der Waals surface area contributed by atoms with Crippen LogP contribution >= 0.6 is 0 Å². The van der Waals surface area contributed by atoms with E-state index in [-0.39, 0.29) is 0 Å². The maximum absolute atomic E-state index is 8.96. The van der Waals surface area contributed by atoms with Crippen LogP contribution in [0.5, 0.6) is 0 Å². The van der Waals surface area contributed by atoms with Crippen molar-refractivity contribution in [3.05, 3.63) is 41.2 Å². The molecule has 0 unspecified atom stereocenters. The number of benzene rings is 1. The van der Waals surface area contributed by atoms with Gasteiger partial charge in [-0.05, 0) is 38.3 Å². The summed E-state index contributed by atoms with van der Waals surface area (Å²) in [6, 6.07) is 8.02. The summed E-state index contributed by atoms with van der Waals surface area (Å²) in [5, 5.41) is 21.2. The van der Waals surface area contributed by atoms with Gasteiger partial charge in [0.1, 0.15) is 11.4 Å². The van der Waals surface area contributed by atoms with Gasteiger partial charge in [-0.3, -0.25) is 0 Å². The van der Waals surface area contributed by atoms with Crippen molar-refractivity contribution < 1.29 is 5.21 Å². The summed E-state index contributed by atoms with van der Waals surface area (Å²) in [5.74, 6) is 0. The number of aryl methyl sites for hydroxylation is 2. The van der Waals surface area contributed by atoms with E-state index in [2.05, 4.69) is 15.4 Å². The summed E-state index contributed by atoms with van der Waals surface area (Å²) in [7, 11) is 0. The van der Waals surface area contributed by atoms with E-state index in [0.717, 1.165) is 36.3 Å². The van der Waals surface area contributed by atoms with Crippen LogP contribution in [-0.4, -0.2) is 25.9 Å². The largest absolute Gasteiger partial charge is 0.411 e. The highest BCUT2D eigenvalue weighted by molar-refractivity contribution is 6.00. The van der Waals surface area contributed by atoms with Gasteiger partial charge >= 0.3 is 0 Å². The average Bonchev–Trinajstić information content (AvgIpc) is 2.83. The van der Waals surface area contributed by atoms with Gasteiger partial charge in [-0.2, -0.15) is 9.90 Å². The third kappa shape index (κ3) is 1.77. The van der Waals surface area contributed by atoms with Crippen LogP contribution in [0.4, 0.5) is 0 Å². The number of nitrogens with zero attached hydrogens (tertiary/aromatic N) is 4. The number of fused-ring (bicyclic) bond motifs is 1. The fraction of sp³-hybridized carbons (Fsp3) is 0.308. The predicted octanol–water partition coefficient (Wildman–Crippen LogP) is 2.09. The summed E-state index contributed by atoms with van der Waals surface area (Å²) in [6.07, 6.45) is 2.61. The summed E-state index contributed by atoms with van der Waals surface area (Å²) in [4.78, 5) is 1.61. The molecule has 0 saturated carbocycles. The first-order chi connectivity index (χ1) is 8.78. The standard InChI is InChI=1S/C13H14N4O/c1-9-5-7-10(8-6-9)17-14-11-3-2-4-12(16-18)13(11)15-17/h5-8,18H,2-4H2,1H3. The second-order valence-electron chi connectivity index (χ2n) is 4.52. The molecule has 0 bridgehead atoms. The number of oxime groups is 1. The molecule has 1 N–H and O–H groups in total. The zero-order valence-electron chi connectivity index (χ0n) is 10.2. The molecule has 5 heteroatoms. The van der Waals surface area contributed by atoms with Gasteiger partial charge in [-0.15, -0.1) is 5.10 Å². The molecule has 5 nitrogen and oxygen atoms in total. The van der Waals surface area contributed by atoms with Crippen molar-refractivity contribution in [1.29, 1.82) is 0 Å². The monoisotopic (exact) mass is 242 g/mol. The molecule has 0 fully saturated rings. The quantitative estimate of drug-likeness (QED) is 0.615. The lowest BCUT2D eigenvalue weighted by molar-refractivity contribution is 0.317. The maximum Gasteiger partial charge on any atom is 0.134 e. The Morgan fingerprint density at radius 3 is 2.67 bits per heavy atom. The molecular weight excluding hydrogens is 228 g/mol. The number of aromatic nitrogens is 3. The average molecular weight is 242 g/mol. The van der Waals surface area contributed by atoms with Gasteiger partial charge in [0.05, 0.1) is 11.4 Å². The topological polar surface area (TPSA) is 63.3 Å². The van der Waals surface area contributed by atoms with Gasteiger partial charge in [0.2, 0.25) is 0 Å². The Morgan fingerprint density at radius 2 is 1.94 bits per heavy atom. The van der Waals surface area contributed by atoms with Crippen molar-refractivity contribution in [2.75, 3.05) is 0 Å². The Bertz CT molecular complexity index is 598. The fourth-order valence-electron chi connectivity index (χ4n) is 2.16. The van der Waals surface area contributed by atoms with E-state index < -0.39 is 0 Å². The Hall–Kier alpha value is -2.17. The van der Waals surface area contributed by atoms with Gasteiger partial charge in [0.15, 0.2) is 0 Å². The molecule has 18 heavy (non-hydrogen) atoms. The van der Waals surface area contributed by atoms with Gasteiger partial charge in [0.25, 0.3) is 0 Å². The summed E-state index contributed by atoms with van der Waals surface area (Å²) >= 11 is 0. The van der Waals surface area contributed by atoms with Crippen LogP contribution in [0.3, 0.4) is 0 Å². The molecule has 2 aromatic rings. The molecule has 0 saturated heterocycles. The summed E-state index contributed by atoms with van der Waals surface area (Å²) < 4.78 is 0. The third-order valence-electron chi connectivity index (χ3n) is 3.17. The van der Waals surface area contributed by atoms with Gasteiger partial charge in [-0.25, -0.2) is 0 Å². The van der Waals surface area contributed by atoms with Crippen LogP contribution < -0.4 is 0 Å². The molecule has 0 amide bonds. The van der Waals surface area contributed by atoms with Gasteiger partial charge < -0.3 is 5.21 Å². The zero-order valence-corrected chi connectivity index (χ0v) is 10.2. The maximum atomic E-state index is 8.96. The first-order valence-electron chi connectivity index (χ1n) is 6.02. The molecule has 1 aromatic carbocycles. The van der Waals surface area contributed by atoms with Crippen molar-refractivity contribution in [3.63, 3.8) is 0 Å². The molecular formula is C13H14N4O. The number of hydrogen-bond donors (Lipinski definition) is 1. The van der Waals surface area contributed by atoms with E-state index in [0.29, 0.717) is 5.71 Å². The Kier molecular flexibility index (Phi) is 2.59. The summed E-state index contributed by atoms with van der Waals surface area (Å²) in [6.45, 7) is 2.04. The van der Waals surface area contributed by atoms with Crippen LogP contribution in [0.1, 0.15) is 29.8 Å². The van der Waals surface area contributed by atoms with E-state index in [9.17, 15) is 0 Å². The van der Waals surface area contributed by atoms with E-state index >= 15 is 0 Å². The normalized spacial score (nSPS) is 16.8. The lowest BCUT2D eigenvalue weighted by Gasteiger charge is -2.07. The molecule has 0 aliphatic heterocycles. The molecule has 0 spiro atoms. The lowest BCUT2D eigenvalue weighted by atomic mass is 9.99. The smallest absolute Gasteiger partial charge is 0.134 e. The van der Waals surface area contributed by atoms with Crippen LogP contribution in [0.2, 0.25) is 0 Å². The van der Waals surface area contributed by atoms with Crippen molar-refractivity contribution in [2.45, 2.75) is 26.2 Å². The fourth-order valence-corrected chi connectivity index (χ4v) is 2.16. The highest BCUT2D eigenvalue weighted by Crippen LogP contribution is 2.19. The van der Waals surface area contributed by atoms with E-state index in [1.54, 1.807) is 4.80 Å². The van der Waals surface area contributed by atoms with Crippen molar-refractivity contribution >= 4 is 5.71 Å². The lowest BCUT2D eigenvalue weighted by Crippen LogP contribution is -2.11. The van der Waals surface area contributed by atoms with Crippen molar-refractivity contribution in [2.24, 2.45) is 5.16 Å². The minimum atomic E-state index is 0.634. The van der Waals surface area contributed by atoms with Crippen molar-refractivity contribution in [3.8, 4) is 5.69 Å². The van der Waals surface area contributed by atoms with Crippen LogP contribution in [0.15, 0.2) is 29.4 Å². The highest BCUT2D eigenvalue weighted by Gasteiger charge is 2.22. The van der Waals surface area contributed by atoms with Crippen LogP contribution in [-0.2, 0) is 6.42 Å². The molecule has 1 aliphatic rings. The molecule has 0 radical (unpaired) electrons. The van der Waals surface area contributed by atoms with Crippen LogP contribution in [0.25, 0.3) is 5.69 Å². The molecule has 1 aromatic heterocycles. The number of rotatable bonds is 1. The first kappa shape index (κ1) is 11.0. The number of hydrogen-bond acceptors (Lipinski definition) is 4. The molecule has 3 rings (SSSR count). The molecule has 0 atom stereocenters. The molecule has 1 aliphatic carbocycles. The minimum absolute atomic E-state index is 0.634. The Balaban J connectivity index is 2.05. The Morgan fingerprint density at radius 1 is 1.17 bits per heavy atom.